The van der Waals surface area contributed by atoms with Crippen LogP contribution in [0, 0.1) is 5.92 Å². The van der Waals surface area contributed by atoms with E-state index in [9.17, 15) is 4.79 Å². The lowest BCUT2D eigenvalue weighted by Crippen LogP contribution is -2.11. The van der Waals surface area contributed by atoms with E-state index < -0.39 is 0 Å². The topological polar surface area (TPSA) is 17.1 Å². The lowest BCUT2D eigenvalue weighted by atomic mass is 9.78. The quantitative estimate of drug-likeness (QED) is 0.460. The predicted octanol–water partition coefficient (Wildman–Crippen LogP) is 6.41. The molecule has 1 nitrogen and oxygen atoms in total. The van der Waals surface area contributed by atoms with Gasteiger partial charge in [0.2, 0.25) is 0 Å². The highest BCUT2D eigenvalue weighted by atomic mass is 16.1. The summed E-state index contributed by atoms with van der Waals surface area (Å²) >= 11 is 0. The fourth-order valence-electron chi connectivity index (χ4n) is 3.68. The van der Waals surface area contributed by atoms with Gasteiger partial charge >= 0.3 is 0 Å². The molecule has 24 heavy (non-hydrogen) atoms. The molecule has 0 heterocycles. The Labute approximate surface area is 145 Å². The van der Waals surface area contributed by atoms with Gasteiger partial charge in [-0.3, -0.25) is 4.79 Å². The van der Waals surface area contributed by atoms with Crippen molar-refractivity contribution < 1.29 is 4.79 Å². The molecule has 0 radical (unpaired) electrons. The van der Waals surface area contributed by atoms with Crippen LogP contribution in [0.25, 0.3) is 11.1 Å². The molecule has 3 rings (SSSR count). The molecule has 2 aromatic rings. The molecular formula is C23H26O. The molecule has 0 aromatic heterocycles. The molecule has 0 amide bonds. The summed E-state index contributed by atoms with van der Waals surface area (Å²) < 4.78 is 0. The minimum Gasteiger partial charge on any atom is -0.298 e. The molecule has 0 spiro atoms. The highest BCUT2D eigenvalue weighted by Crippen LogP contribution is 2.37. The van der Waals surface area contributed by atoms with E-state index in [1.807, 2.05) is 24.3 Å². The number of hydrogen-bond acceptors (Lipinski definition) is 1. The molecule has 124 valence electrons. The van der Waals surface area contributed by atoms with Gasteiger partial charge in [0.15, 0.2) is 0 Å². The summed E-state index contributed by atoms with van der Waals surface area (Å²) in [5, 5.41) is 0. The van der Waals surface area contributed by atoms with Gasteiger partial charge in [-0.1, -0.05) is 67.6 Å². The first kappa shape index (κ1) is 16.7. The third-order valence-corrected chi connectivity index (χ3v) is 5.18. The first-order valence-corrected chi connectivity index (χ1v) is 9.12. The third-order valence-electron chi connectivity index (χ3n) is 5.18. The fraction of sp³-hybridized carbons (Fsp3) is 0.348. The summed E-state index contributed by atoms with van der Waals surface area (Å²) in [5.74, 6) is 1.50. The molecule has 0 aliphatic heterocycles. The number of carbonyl (C=O) groups excluding carboxylic acids is 1. The third kappa shape index (κ3) is 4.03. The molecule has 0 atom stereocenters. The monoisotopic (exact) mass is 318 g/mol. The Morgan fingerprint density at radius 3 is 2.00 bits per heavy atom. The highest BCUT2D eigenvalue weighted by Gasteiger charge is 2.20. The van der Waals surface area contributed by atoms with E-state index in [4.69, 9.17) is 0 Å². The molecule has 0 unspecified atom stereocenters. The van der Waals surface area contributed by atoms with Gasteiger partial charge in [0.05, 0.1) is 0 Å². The molecule has 1 heteroatoms. The maximum Gasteiger partial charge on any atom is 0.150 e. The normalized spacial score (nSPS) is 21.0. The van der Waals surface area contributed by atoms with Crippen molar-refractivity contribution in [3.8, 4) is 11.1 Å². The number of benzene rings is 2. The van der Waals surface area contributed by atoms with Crippen LogP contribution in [0.2, 0.25) is 0 Å². The standard InChI is InChI=1S/C23H26O/c1-2-3-4-18-5-9-20(10-6-18)22-13-15-23(16-14-22)21-11-7-19(17-24)8-12-21/h3-4,7-8,11-18,20H,2,5-6,9-10H2,1H3/b4-3+. The number of aldehydes is 1. The van der Waals surface area contributed by atoms with E-state index in [1.54, 1.807) is 0 Å². The Morgan fingerprint density at radius 2 is 1.46 bits per heavy atom. The maximum atomic E-state index is 10.8. The van der Waals surface area contributed by atoms with Crippen LogP contribution in [0.5, 0.6) is 0 Å². The summed E-state index contributed by atoms with van der Waals surface area (Å²) in [5.41, 5.74) is 4.58. The van der Waals surface area contributed by atoms with Gasteiger partial charge in [-0.2, -0.15) is 0 Å². The molecule has 0 saturated heterocycles. The molecule has 1 saturated carbocycles. The van der Waals surface area contributed by atoms with Crippen LogP contribution >= 0.6 is 0 Å². The van der Waals surface area contributed by atoms with E-state index in [0.717, 1.165) is 24.2 Å². The molecule has 1 fully saturated rings. The first-order valence-electron chi connectivity index (χ1n) is 9.12. The van der Waals surface area contributed by atoms with Crippen LogP contribution in [0.15, 0.2) is 60.7 Å². The SMILES string of the molecule is CC/C=C/C1CCC(c2ccc(-c3ccc(C=O)cc3)cc2)CC1. The van der Waals surface area contributed by atoms with E-state index in [0.29, 0.717) is 5.92 Å². The van der Waals surface area contributed by atoms with Crippen molar-refractivity contribution in [3.05, 3.63) is 71.8 Å². The first-order chi connectivity index (χ1) is 11.8. The molecule has 2 aromatic carbocycles. The van der Waals surface area contributed by atoms with Crippen LogP contribution in [-0.4, -0.2) is 6.29 Å². The Hall–Kier alpha value is -2.15. The van der Waals surface area contributed by atoms with E-state index in [1.165, 1.54) is 42.4 Å². The number of carbonyl (C=O) groups is 1. The minimum atomic E-state index is 0.711. The van der Waals surface area contributed by atoms with E-state index in [2.05, 4.69) is 43.3 Å². The Morgan fingerprint density at radius 1 is 0.875 bits per heavy atom. The number of hydrogen-bond donors (Lipinski definition) is 0. The van der Waals surface area contributed by atoms with Crippen LogP contribution in [0.1, 0.15) is 60.9 Å². The van der Waals surface area contributed by atoms with Crippen molar-refractivity contribution in [3.63, 3.8) is 0 Å². The average Bonchev–Trinajstić information content (AvgIpc) is 2.67. The Bertz CT molecular complexity index is 671. The van der Waals surface area contributed by atoms with Crippen LogP contribution in [0.3, 0.4) is 0 Å². The van der Waals surface area contributed by atoms with Gasteiger partial charge in [0.25, 0.3) is 0 Å². The second kappa shape index (κ2) is 8.10. The predicted molar refractivity (Wildman–Crippen MR) is 101 cm³/mol. The molecular weight excluding hydrogens is 292 g/mol. The van der Waals surface area contributed by atoms with Gasteiger partial charge in [0, 0.05) is 5.56 Å². The Kier molecular flexibility index (Phi) is 5.63. The summed E-state index contributed by atoms with van der Waals surface area (Å²) in [7, 11) is 0. The molecule has 0 N–H and O–H groups in total. The summed E-state index contributed by atoms with van der Waals surface area (Å²) in [6, 6.07) is 16.8. The van der Waals surface area contributed by atoms with Crippen LogP contribution < -0.4 is 0 Å². The van der Waals surface area contributed by atoms with E-state index in [-0.39, 0.29) is 0 Å². The van der Waals surface area contributed by atoms with Gasteiger partial charge in [-0.25, -0.2) is 0 Å². The van der Waals surface area contributed by atoms with Crippen molar-refractivity contribution >= 4 is 6.29 Å². The van der Waals surface area contributed by atoms with Crippen molar-refractivity contribution in [2.45, 2.75) is 44.9 Å². The lowest BCUT2D eigenvalue weighted by Gasteiger charge is -2.27. The largest absolute Gasteiger partial charge is 0.298 e. The van der Waals surface area contributed by atoms with Gasteiger partial charge in [-0.15, -0.1) is 0 Å². The summed E-state index contributed by atoms with van der Waals surface area (Å²) in [6.07, 6.45) is 12.0. The van der Waals surface area contributed by atoms with Crippen molar-refractivity contribution in [2.24, 2.45) is 5.92 Å². The zero-order chi connectivity index (χ0) is 16.8. The van der Waals surface area contributed by atoms with Crippen molar-refractivity contribution in [1.82, 2.24) is 0 Å². The highest BCUT2D eigenvalue weighted by molar-refractivity contribution is 5.76. The molecule has 0 bridgehead atoms. The van der Waals surface area contributed by atoms with Crippen LogP contribution in [0.4, 0.5) is 0 Å². The van der Waals surface area contributed by atoms with Crippen LogP contribution in [-0.2, 0) is 0 Å². The smallest absolute Gasteiger partial charge is 0.150 e. The van der Waals surface area contributed by atoms with Gasteiger partial charge in [0.1, 0.15) is 6.29 Å². The number of rotatable bonds is 5. The van der Waals surface area contributed by atoms with Crippen molar-refractivity contribution in [1.29, 1.82) is 0 Å². The summed E-state index contributed by atoms with van der Waals surface area (Å²) in [4.78, 5) is 10.8. The zero-order valence-corrected chi connectivity index (χ0v) is 14.4. The molecule has 1 aliphatic carbocycles. The van der Waals surface area contributed by atoms with Crippen molar-refractivity contribution in [2.75, 3.05) is 0 Å². The summed E-state index contributed by atoms with van der Waals surface area (Å²) in [6.45, 7) is 2.20. The van der Waals surface area contributed by atoms with E-state index >= 15 is 0 Å². The fourth-order valence-corrected chi connectivity index (χ4v) is 3.68. The second-order valence-electron chi connectivity index (χ2n) is 6.81. The minimum absolute atomic E-state index is 0.711. The molecule has 1 aliphatic rings. The number of allylic oxidation sites excluding steroid dienone is 2. The Balaban J connectivity index is 1.64. The second-order valence-corrected chi connectivity index (χ2v) is 6.81. The average molecular weight is 318 g/mol. The van der Waals surface area contributed by atoms with Gasteiger partial charge < -0.3 is 0 Å². The lowest BCUT2D eigenvalue weighted by molar-refractivity contribution is 0.112. The zero-order valence-electron chi connectivity index (χ0n) is 14.4. The maximum absolute atomic E-state index is 10.8. The van der Waals surface area contributed by atoms with Gasteiger partial charge in [-0.05, 0) is 60.6 Å².